The molecule has 0 amide bonds. The molecular formula is C11H14N2O2. The number of ether oxygens (including phenoxy) is 1. The summed E-state index contributed by atoms with van der Waals surface area (Å²) >= 11 is 0. The van der Waals surface area contributed by atoms with Gasteiger partial charge in [-0.05, 0) is 23.3 Å². The number of methoxy groups -OCH3 is 1. The monoisotopic (exact) mass is 206 g/mol. The van der Waals surface area contributed by atoms with Gasteiger partial charge in [-0.3, -0.25) is 9.78 Å². The number of aromatic nitrogens is 1. The molecule has 0 aliphatic carbocycles. The first kappa shape index (κ1) is 11.4. The van der Waals surface area contributed by atoms with Crippen molar-refractivity contribution in [2.75, 3.05) is 20.2 Å². The van der Waals surface area contributed by atoms with Crippen molar-refractivity contribution in [3.05, 3.63) is 36.7 Å². The van der Waals surface area contributed by atoms with Gasteiger partial charge in [-0.15, -0.1) is 0 Å². The number of hydrogen-bond acceptors (Lipinski definition) is 4. The first-order chi connectivity index (χ1) is 7.24. The Kier molecular flexibility index (Phi) is 4.50. The standard InChI is InChI=1S/C11H14N2O2/c1-9(7-13-8-11(14)15-2)10-3-5-12-6-4-10/h3-6,13H,1,7-8H2,2H3. The molecule has 1 N–H and O–H groups in total. The molecule has 80 valence electrons. The fourth-order valence-electron chi connectivity index (χ4n) is 1.08. The first-order valence-electron chi connectivity index (χ1n) is 4.59. The third-order valence-electron chi connectivity index (χ3n) is 1.92. The van der Waals surface area contributed by atoms with Gasteiger partial charge in [0.2, 0.25) is 0 Å². The van der Waals surface area contributed by atoms with E-state index in [0.29, 0.717) is 6.54 Å². The van der Waals surface area contributed by atoms with Crippen LogP contribution in [0, 0.1) is 0 Å². The second-order valence-corrected chi connectivity index (χ2v) is 3.02. The van der Waals surface area contributed by atoms with Crippen molar-refractivity contribution in [1.82, 2.24) is 10.3 Å². The Hall–Kier alpha value is -1.68. The molecule has 0 saturated heterocycles. The Bertz CT molecular complexity index is 336. The molecule has 0 radical (unpaired) electrons. The van der Waals surface area contributed by atoms with E-state index in [1.54, 1.807) is 12.4 Å². The maximum Gasteiger partial charge on any atom is 0.319 e. The zero-order valence-corrected chi connectivity index (χ0v) is 8.69. The molecule has 0 saturated carbocycles. The molecule has 0 spiro atoms. The van der Waals surface area contributed by atoms with Gasteiger partial charge in [0.1, 0.15) is 0 Å². The van der Waals surface area contributed by atoms with Crippen LogP contribution in [0.4, 0.5) is 0 Å². The molecule has 15 heavy (non-hydrogen) atoms. The normalized spacial score (nSPS) is 9.67. The van der Waals surface area contributed by atoms with E-state index < -0.39 is 0 Å². The summed E-state index contributed by atoms with van der Waals surface area (Å²) in [7, 11) is 1.36. The highest BCUT2D eigenvalue weighted by molar-refractivity contribution is 5.72. The Labute approximate surface area is 89.0 Å². The van der Waals surface area contributed by atoms with E-state index in [4.69, 9.17) is 0 Å². The summed E-state index contributed by atoms with van der Waals surface area (Å²) in [5, 5.41) is 2.94. The third kappa shape index (κ3) is 3.91. The van der Waals surface area contributed by atoms with Crippen molar-refractivity contribution in [1.29, 1.82) is 0 Å². The molecule has 0 aromatic carbocycles. The van der Waals surface area contributed by atoms with E-state index in [0.717, 1.165) is 11.1 Å². The van der Waals surface area contributed by atoms with Gasteiger partial charge in [-0.2, -0.15) is 0 Å². The molecular weight excluding hydrogens is 192 g/mol. The van der Waals surface area contributed by atoms with Crippen LogP contribution in [0.1, 0.15) is 5.56 Å². The first-order valence-corrected chi connectivity index (χ1v) is 4.59. The van der Waals surface area contributed by atoms with Crippen molar-refractivity contribution in [2.45, 2.75) is 0 Å². The number of nitrogens with zero attached hydrogens (tertiary/aromatic N) is 1. The summed E-state index contributed by atoms with van der Waals surface area (Å²) < 4.78 is 4.50. The second kappa shape index (κ2) is 5.93. The highest BCUT2D eigenvalue weighted by Gasteiger charge is 2.01. The highest BCUT2D eigenvalue weighted by atomic mass is 16.5. The maximum absolute atomic E-state index is 10.8. The largest absolute Gasteiger partial charge is 0.468 e. The quantitative estimate of drug-likeness (QED) is 0.726. The van der Waals surface area contributed by atoms with Crippen LogP contribution in [0.25, 0.3) is 5.57 Å². The number of nitrogens with one attached hydrogen (secondary N) is 1. The summed E-state index contributed by atoms with van der Waals surface area (Å²) in [5.41, 5.74) is 1.93. The lowest BCUT2D eigenvalue weighted by Crippen LogP contribution is -2.25. The maximum atomic E-state index is 10.8. The van der Waals surface area contributed by atoms with Crippen molar-refractivity contribution < 1.29 is 9.53 Å². The smallest absolute Gasteiger partial charge is 0.319 e. The van der Waals surface area contributed by atoms with E-state index in [1.807, 2.05) is 12.1 Å². The molecule has 0 fully saturated rings. The van der Waals surface area contributed by atoms with Crippen LogP contribution in [-0.2, 0) is 9.53 Å². The van der Waals surface area contributed by atoms with Crippen LogP contribution >= 0.6 is 0 Å². The SMILES string of the molecule is C=C(CNCC(=O)OC)c1ccncc1. The van der Waals surface area contributed by atoms with Crippen LogP contribution in [0.3, 0.4) is 0 Å². The Morgan fingerprint density at radius 3 is 2.73 bits per heavy atom. The average Bonchev–Trinajstić information content (AvgIpc) is 2.29. The molecule has 1 heterocycles. The van der Waals surface area contributed by atoms with Gasteiger partial charge in [0, 0.05) is 18.9 Å². The molecule has 0 unspecified atom stereocenters. The van der Waals surface area contributed by atoms with E-state index in [1.165, 1.54) is 7.11 Å². The summed E-state index contributed by atoms with van der Waals surface area (Å²) in [6.07, 6.45) is 3.42. The van der Waals surface area contributed by atoms with Crippen LogP contribution in [0.2, 0.25) is 0 Å². The van der Waals surface area contributed by atoms with Gasteiger partial charge in [0.05, 0.1) is 13.7 Å². The lowest BCUT2D eigenvalue weighted by molar-refractivity contribution is -0.139. The predicted octanol–water partition coefficient (Wildman–Crippen LogP) is 0.857. The van der Waals surface area contributed by atoms with Crippen molar-refractivity contribution in [2.24, 2.45) is 0 Å². The van der Waals surface area contributed by atoms with Crippen molar-refractivity contribution in [3.8, 4) is 0 Å². The Morgan fingerprint density at radius 1 is 1.47 bits per heavy atom. The van der Waals surface area contributed by atoms with Gasteiger partial charge >= 0.3 is 5.97 Å². The molecule has 0 aliphatic rings. The summed E-state index contributed by atoms with van der Waals surface area (Å²) in [4.78, 5) is 14.7. The van der Waals surface area contributed by atoms with E-state index >= 15 is 0 Å². The minimum absolute atomic E-state index is 0.195. The van der Waals surface area contributed by atoms with Crippen molar-refractivity contribution >= 4 is 11.5 Å². The number of rotatable bonds is 5. The van der Waals surface area contributed by atoms with E-state index in [2.05, 4.69) is 21.6 Å². The summed E-state index contributed by atoms with van der Waals surface area (Å²) in [6, 6.07) is 3.75. The molecule has 4 heteroatoms. The lowest BCUT2D eigenvalue weighted by atomic mass is 10.1. The summed E-state index contributed by atoms with van der Waals surface area (Å²) in [6.45, 7) is 4.65. The Balaban J connectivity index is 2.34. The molecule has 4 nitrogen and oxygen atoms in total. The van der Waals surface area contributed by atoms with Crippen LogP contribution in [-0.4, -0.2) is 31.2 Å². The van der Waals surface area contributed by atoms with Gasteiger partial charge in [-0.25, -0.2) is 0 Å². The van der Waals surface area contributed by atoms with Gasteiger partial charge in [-0.1, -0.05) is 6.58 Å². The predicted molar refractivity (Wildman–Crippen MR) is 58.2 cm³/mol. The van der Waals surface area contributed by atoms with Crippen molar-refractivity contribution in [3.63, 3.8) is 0 Å². The van der Waals surface area contributed by atoms with E-state index in [-0.39, 0.29) is 12.5 Å². The fraction of sp³-hybridized carbons (Fsp3) is 0.273. The van der Waals surface area contributed by atoms with Gasteiger partial charge < -0.3 is 10.1 Å². The summed E-state index contributed by atoms with van der Waals surface area (Å²) in [5.74, 6) is -0.280. The number of pyridine rings is 1. The second-order valence-electron chi connectivity index (χ2n) is 3.02. The topological polar surface area (TPSA) is 51.2 Å². The number of carbonyl (C=O) groups is 1. The number of esters is 1. The zero-order chi connectivity index (χ0) is 11.1. The minimum atomic E-state index is -0.280. The minimum Gasteiger partial charge on any atom is -0.468 e. The number of carbonyl (C=O) groups excluding carboxylic acids is 1. The zero-order valence-electron chi connectivity index (χ0n) is 8.69. The molecule has 0 bridgehead atoms. The molecule has 0 atom stereocenters. The lowest BCUT2D eigenvalue weighted by Gasteiger charge is -2.06. The molecule has 0 aliphatic heterocycles. The van der Waals surface area contributed by atoms with Crippen LogP contribution in [0.15, 0.2) is 31.1 Å². The highest BCUT2D eigenvalue weighted by Crippen LogP contribution is 2.08. The third-order valence-corrected chi connectivity index (χ3v) is 1.92. The Morgan fingerprint density at radius 2 is 2.13 bits per heavy atom. The molecule has 1 rings (SSSR count). The molecule has 1 aromatic rings. The van der Waals surface area contributed by atoms with Crippen LogP contribution < -0.4 is 5.32 Å². The van der Waals surface area contributed by atoms with E-state index in [9.17, 15) is 4.79 Å². The fourth-order valence-corrected chi connectivity index (χ4v) is 1.08. The van der Waals surface area contributed by atoms with Crippen LogP contribution in [0.5, 0.6) is 0 Å². The average molecular weight is 206 g/mol. The van der Waals surface area contributed by atoms with Gasteiger partial charge in [0.15, 0.2) is 0 Å². The number of hydrogen-bond donors (Lipinski definition) is 1. The van der Waals surface area contributed by atoms with Gasteiger partial charge in [0.25, 0.3) is 0 Å². The molecule has 1 aromatic heterocycles.